The number of rotatable bonds is 4. The molecule has 0 saturated carbocycles. The van der Waals surface area contributed by atoms with Gasteiger partial charge in [0, 0.05) is 0 Å². The van der Waals surface area contributed by atoms with E-state index in [1.54, 1.807) is 36.4 Å². The molecule has 0 fully saturated rings. The Balaban J connectivity index is 2.35. The molecule has 24 heavy (non-hydrogen) atoms. The molecular weight excluding hydrogens is 300 g/mol. The maximum absolute atomic E-state index is 9.22. The molecule has 2 aromatic rings. The molecule has 0 unspecified atom stereocenters. The summed E-state index contributed by atoms with van der Waals surface area (Å²) in [5.41, 5.74) is 5.99. The number of hydrogen-bond acceptors (Lipinski definition) is 5. The number of benzene rings is 2. The van der Waals surface area contributed by atoms with Gasteiger partial charge < -0.3 is 10.5 Å². The molecule has 0 radical (unpaired) electrons. The lowest BCUT2D eigenvalue weighted by Gasteiger charge is -2.06. The molecule has 0 aliphatic heterocycles. The van der Waals surface area contributed by atoms with E-state index in [1.807, 2.05) is 36.4 Å². The van der Waals surface area contributed by atoms with Gasteiger partial charge in [-0.25, -0.2) is 0 Å². The van der Waals surface area contributed by atoms with E-state index >= 15 is 0 Å². The van der Waals surface area contributed by atoms with E-state index < -0.39 is 0 Å². The predicted molar refractivity (Wildman–Crippen MR) is 89.0 cm³/mol. The Hall–Kier alpha value is -4.01. The van der Waals surface area contributed by atoms with Crippen molar-refractivity contribution in [3.63, 3.8) is 0 Å². The van der Waals surface area contributed by atoms with Gasteiger partial charge in [0.1, 0.15) is 29.7 Å². The van der Waals surface area contributed by atoms with Crippen LogP contribution in [0.5, 0.6) is 11.5 Å². The van der Waals surface area contributed by atoms with Gasteiger partial charge in [0.15, 0.2) is 5.57 Å². The zero-order valence-corrected chi connectivity index (χ0v) is 12.6. The molecule has 0 aromatic heterocycles. The van der Waals surface area contributed by atoms with Crippen LogP contribution in [-0.2, 0) is 0 Å². The minimum absolute atomic E-state index is 0.0463. The highest BCUT2D eigenvalue weighted by molar-refractivity contribution is 5.66. The summed E-state index contributed by atoms with van der Waals surface area (Å²) in [4.78, 5) is 0. The van der Waals surface area contributed by atoms with E-state index in [1.165, 1.54) is 6.08 Å². The predicted octanol–water partition coefficient (Wildman–Crippen LogP) is 3.65. The second-order valence-corrected chi connectivity index (χ2v) is 4.67. The maximum Gasteiger partial charge on any atom is 0.153 e. The Morgan fingerprint density at radius 3 is 2.17 bits per heavy atom. The van der Waals surface area contributed by atoms with Crippen molar-refractivity contribution in [1.29, 1.82) is 15.8 Å². The second-order valence-electron chi connectivity index (χ2n) is 4.67. The largest absolute Gasteiger partial charge is 0.457 e. The van der Waals surface area contributed by atoms with Crippen LogP contribution in [0.25, 0.3) is 6.08 Å². The Morgan fingerprint density at radius 1 is 0.875 bits per heavy atom. The monoisotopic (exact) mass is 312 g/mol. The number of nitrogens with two attached hydrogens (primary N) is 1. The average molecular weight is 312 g/mol. The average Bonchev–Trinajstić information content (AvgIpc) is 2.62. The van der Waals surface area contributed by atoms with E-state index in [0.717, 1.165) is 0 Å². The standard InChI is InChI=1S/C19H12N4O/c20-11-15(19(23)16(12-21)13-22)9-14-5-4-8-18(10-14)24-17-6-2-1-3-7-17/h1-10H,23H2. The van der Waals surface area contributed by atoms with Crippen LogP contribution in [-0.4, -0.2) is 0 Å². The summed E-state index contributed by atoms with van der Waals surface area (Å²) in [6.07, 6.45) is 1.50. The summed E-state index contributed by atoms with van der Waals surface area (Å²) in [6.45, 7) is 0. The van der Waals surface area contributed by atoms with Crippen LogP contribution in [0.4, 0.5) is 0 Å². The van der Waals surface area contributed by atoms with Crippen LogP contribution < -0.4 is 10.5 Å². The van der Waals surface area contributed by atoms with E-state index in [0.29, 0.717) is 17.1 Å². The zero-order chi connectivity index (χ0) is 17.4. The normalized spacial score (nSPS) is 9.96. The smallest absolute Gasteiger partial charge is 0.153 e. The van der Waals surface area contributed by atoms with Crippen LogP contribution >= 0.6 is 0 Å². The highest BCUT2D eigenvalue weighted by Crippen LogP contribution is 2.23. The van der Waals surface area contributed by atoms with Crippen molar-refractivity contribution in [1.82, 2.24) is 0 Å². The van der Waals surface area contributed by atoms with Crippen molar-refractivity contribution in [2.45, 2.75) is 0 Å². The van der Waals surface area contributed by atoms with Crippen molar-refractivity contribution in [3.8, 4) is 29.7 Å². The molecule has 0 amide bonds. The molecule has 114 valence electrons. The first-order valence-electron chi connectivity index (χ1n) is 6.93. The third kappa shape index (κ3) is 4.01. The number of ether oxygens (including phenoxy) is 1. The van der Waals surface area contributed by atoms with Gasteiger partial charge >= 0.3 is 0 Å². The number of hydrogen-bond donors (Lipinski definition) is 1. The molecule has 2 aromatic carbocycles. The first kappa shape index (κ1) is 16.4. The molecule has 0 spiro atoms. The minimum atomic E-state index is -0.292. The van der Waals surface area contributed by atoms with Crippen LogP contribution in [0.3, 0.4) is 0 Å². The third-order valence-electron chi connectivity index (χ3n) is 3.05. The second kappa shape index (κ2) is 7.84. The van der Waals surface area contributed by atoms with Gasteiger partial charge in [-0.05, 0) is 35.9 Å². The fraction of sp³-hybridized carbons (Fsp3) is 0. The third-order valence-corrected chi connectivity index (χ3v) is 3.05. The lowest BCUT2D eigenvalue weighted by molar-refractivity contribution is 0.482. The molecule has 0 atom stereocenters. The molecule has 0 aliphatic carbocycles. The van der Waals surface area contributed by atoms with Gasteiger partial charge in [0.25, 0.3) is 0 Å². The Labute approximate surface area is 139 Å². The van der Waals surface area contributed by atoms with Crippen LogP contribution in [0, 0.1) is 34.0 Å². The van der Waals surface area contributed by atoms with E-state index in [-0.39, 0.29) is 16.8 Å². The maximum atomic E-state index is 9.22. The fourth-order valence-electron chi connectivity index (χ4n) is 1.91. The van der Waals surface area contributed by atoms with Gasteiger partial charge in [-0.15, -0.1) is 0 Å². The SMILES string of the molecule is N#CC(=Cc1cccc(Oc2ccccc2)c1)C(N)=C(C#N)C#N. The van der Waals surface area contributed by atoms with Gasteiger partial charge in [0.2, 0.25) is 0 Å². The summed E-state index contributed by atoms with van der Waals surface area (Å²) >= 11 is 0. The summed E-state index contributed by atoms with van der Waals surface area (Å²) in [5.74, 6) is 1.28. The molecular formula is C19H12N4O. The van der Waals surface area contributed by atoms with Crippen molar-refractivity contribution in [3.05, 3.63) is 77.0 Å². The molecule has 2 rings (SSSR count). The molecule has 5 heteroatoms. The fourth-order valence-corrected chi connectivity index (χ4v) is 1.91. The number of nitriles is 3. The summed E-state index contributed by atoms with van der Waals surface area (Å²) in [6, 6.07) is 21.6. The molecule has 0 heterocycles. The first-order chi connectivity index (χ1) is 11.7. The number of nitrogens with zero attached hydrogens (tertiary/aromatic N) is 3. The summed E-state index contributed by atoms with van der Waals surface area (Å²) in [5, 5.41) is 26.9. The number of allylic oxidation sites excluding steroid dienone is 2. The lowest BCUT2D eigenvalue weighted by Crippen LogP contribution is -2.03. The molecule has 5 nitrogen and oxygen atoms in total. The zero-order valence-electron chi connectivity index (χ0n) is 12.6. The highest BCUT2D eigenvalue weighted by Gasteiger charge is 2.08. The highest BCUT2D eigenvalue weighted by atomic mass is 16.5. The first-order valence-corrected chi connectivity index (χ1v) is 6.93. The molecule has 0 aliphatic rings. The minimum Gasteiger partial charge on any atom is -0.457 e. The van der Waals surface area contributed by atoms with Gasteiger partial charge in [0.05, 0.1) is 11.3 Å². The topological polar surface area (TPSA) is 107 Å². The lowest BCUT2D eigenvalue weighted by atomic mass is 10.1. The molecule has 2 N–H and O–H groups in total. The molecule has 0 saturated heterocycles. The van der Waals surface area contributed by atoms with E-state index in [2.05, 4.69) is 0 Å². The van der Waals surface area contributed by atoms with Crippen LogP contribution in [0.1, 0.15) is 5.56 Å². The van der Waals surface area contributed by atoms with Crippen molar-refractivity contribution < 1.29 is 4.74 Å². The Kier molecular flexibility index (Phi) is 5.35. The van der Waals surface area contributed by atoms with Crippen molar-refractivity contribution >= 4 is 6.08 Å². The van der Waals surface area contributed by atoms with Crippen molar-refractivity contribution in [2.24, 2.45) is 5.73 Å². The van der Waals surface area contributed by atoms with Crippen LogP contribution in [0.2, 0.25) is 0 Å². The molecule has 0 bridgehead atoms. The number of para-hydroxylation sites is 1. The van der Waals surface area contributed by atoms with Gasteiger partial charge in [-0.2, -0.15) is 15.8 Å². The van der Waals surface area contributed by atoms with Gasteiger partial charge in [-0.1, -0.05) is 30.3 Å². The van der Waals surface area contributed by atoms with Crippen LogP contribution in [0.15, 0.2) is 71.4 Å². The summed E-state index contributed by atoms with van der Waals surface area (Å²) in [7, 11) is 0. The van der Waals surface area contributed by atoms with Crippen molar-refractivity contribution in [2.75, 3.05) is 0 Å². The van der Waals surface area contributed by atoms with Gasteiger partial charge in [-0.3, -0.25) is 0 Å². The Morgan fingerprint density at radius 2 is 1.54 bits per heavy atom. The van der Waals surface area contributed by atoms with E-state index in [4.69, 9.17) is 21.0 Å². The quantitative estimate of drug-likeness (QED) is 0.685. The van der Waals surface area contributed by atoms with E-state index in [9.17, 15) is 5.26 Å². The summed E-state index contributed by atoms with van der Waals surface area (Å²) < 4.78 is 5.72. The Bertz CT molecular complexity index is 906.